The van der Waals surface area contributed by atoms with Crippen LogP contribution in [0.1, 0.15) is 51.5 Å². The lowest BCUT2D eigenvalue weighted by Crippen LogP contribution is -2.44. The monoisotopic (exact) mass is 334 g/mol. The van der Waals surface area contributed by atoms with Gasteiger partial charge >= 0.3 is 0 Å². The van der Waals surface area contributed by atoms with Crippen molar-refractivity contribution in [1.82, 2.24) is 5.32 Å². The van der Waals surface area contributed by atoms with Gasteiger partial charge in [-0.15, -0.1) is 0 Å². The Kier molecular flexibility index (Phi) is 6.91. The number of carbonyl (C=O) groups is 1. The summed E-state index contributed by atoms with van der Waals surface area (Å²) in [6, 6.07) is 5.25. The summed E-state index contributed by atoms with van der Waals surface area (Å²) in [5.74, 6) is 1.59. The summed E-state index contributed by atoms with van der Waals surface area (Å²) in [6.07, 6.45) is 5.74. The maximum atomic E-state index is 12.2. The molecule has 1 aliphatic rings. The molecule has 0 heterocycles. The summed E-state index contributed by atoms with van der Waals surface area (Å²) in [6.45, 7) is 4.44. The lowest BCUT2D eigenvalue weighted by Gasteiger charge is -2.20. The van der Waals surface area contributed by atoms with Crippen molar-refractivity contribution in [2.24, 2.45) is 11.7 Å². The van der Waals surface area contributed by atoms with E-state index >= 15 is 0 Å². The molecular weight excluding hydrogens is 304 g/mol. The maximum absolute atomic E-state index is 12.2. The molecule has 1 saturated carbocycles. The Labute approximate surface area is 144 Å². The van der Waals surface area contributed by atoms with Crippen LogP contribution in [-0.2, 0) is 11.3 Å². The number of hydrogen-bond donors (Lipinski definition) is 2. The normalized spacial score (nSPS) is 17.3. The molecule has 0 aliphatic heterocycles. The van der Waals surface area contributed by atoms with E-state index in [1.54, 1.807) is 7.11 Å². The van der Waals surface area contributed by atoms with Gasteiger partial charge in [0.05, 0.1) is 19.3 Å². The van der Waals surface area contributed by atoms with E-state index in [0.717, 1.165) is 36.3 Å². The van der Waals surface area contributed by atoms with Crippen molar-refractivity contribution in [1.29, 1.82) is 0 Å². The third-order valence-electron chi connectivity index (χ3n) is 4.88. The predicted molar refractivity (Wildman–Crippen MR) is 95.2 cm³/mol. The van der Waals surface area contributed by atoms with E-state index in [0.29, 0.717) is 6.54 Å². The first kappa shape index (κ1) is 18.6. The molecule has 0 bridgehead atoms. The van der Waals surface area contributed by atoms with E-state index in [2.05, 4.69) is 5.32 Å². The molecule has 1 aliphatic carbocycles. The Balaban J connectivity index is 2.03. The van der Waals surface area contributed by atoms with Crippen molar-refractivity contribution in [2.75, 3.05) is 7.11 Å². The van der Waals surface area contributed by atoms with Crippen molar-refractivity contribution >= 4 is 5.91 Å². The number of ether oxygens (including phenoxy) is 2. The zero-order valence-electron chi connectivity index (χ0n) is 15.0. The fourth-order valence-corrected chi connectivity index (χ4v) is 2.92. The summed E-state index contributed by atoms with van der Waals surface area (Å²) in [5.41, 5.74) is 6.94. The molecular formula is C19H30N2O3. The molecule has 24 heavy (non-hydrogen) atoms. The van der Waals surface area contributed by atoms with Gasteiger partial charge in [-0.2, -0.15) is 0 Å². The highest BCUT2D eigenvalue weighted by atomic mass is 16.5. The van der Waals surface area contributed by atoms with Gasteiger partial charge in [-0.1, -0.05) is 20.3 Å². The molecule has 5 heteroatoms. The summed E-state index contributed by atoms with van der Waals surface area (Å²) in [5, 5.41) is 2.93. The van der Waals surface area contributed by atoms with Crippen LogP contribution in [0, 0.1) is 5.92 Å². The SMILES string of the molecule is CCC(C)C(N)C(=O)NCc1ccc(OC)cc1OC1CCCC1. The summed E-state index contributed by atoms with van der Waals surface area (Å²) >= 11 is 0. The molecule has 0 saturated heterocycles. The van der Waals surface area contributed by atoms with Crippen molar-refractivity contribution in [3.8, 4) is 11.5 Å². The van der Waals surface area contributed by atoms with E-state index < -0.39 is 6.04 Å². The van der Waals surface area contributed by atoms with Gasteiger partial charge in [-0.25, -0.2) is 0 Å². The molecule has 0 spiro atoms. The van der Waals surface area contributed by atoms with Crippen LogP contribution in [0.25, 0.3) is 0 Å². The molecule has 2 atom stereocenters. The average molecular weight is 334 g/mol. The minimum absolute atomic E-state index is 0.119. The Hall–Kier alpha value is -1.75. The third kappa shape index (κ3) is 4.87. The van der Waals surface area contributed by atoms with Crippen LogP contribution in [0.2, 0.25) is 0 Å². The summed E-state index contributed by atoms with van der Waals surface area (Å²) in [7, 11) is 1.64. The van der Waals surface area contributed by atoms with Gasteiger partial charge in [0.1, 0.15) is 11.5 Å². The van der Waals surface area contributed by atoms with E-state index in [4.69, 9.17) is 15.2 Å². The van der Waals surface area contributed by atoms with Crippen LogP contribution in [0.5, 0.6) is 11.5 Å². The number of carbonyl (C=O) groups excluding carboxylic acids is 1. The zero-order valence-corrected chi connectivity index (χ0v) is 15.0. The molecule has 1 amide bonds. The lowest BCUT2D eigenvalue weighted by molar-refractivity contribution is -0.123. The highest BCUT2D eigenvalue weighted by Crippen LogP contribution is 2.30. The van der Waals surface area contributed by atoms with E-state index in [9.17, 15) is 4.79 Å². The van der Waals surface area contributed by atoms with Gasteiger partial charge in [0.2, 0.25) is 5.91 Å². The standard InChI is InChI=1S/C19H30N2O3/c1-4-13(2)18(20)19(22)21-12-14-9-10-16(23-3)11-17(14)24-15-7-5-6-8-15/h9-11,13,15,18H,4-8,12,20H2,1-3H3,(H,21,22). The first-order chi connectivity index (χ1) is 11.5. The van der Waals surface area contributed by atoms with Crippen LogP contribution < -0.4 is 20.5 Å². The summed E-state index contributed by atoms with van der Waals surface area (Å²) < 4.78 is 11.4. The molecule has 1 fully saturated rings. The molecule has 5 nitrogen and oxygen atoms in total. The minimum Gasteiger partial charge on any atom is -0.497 e. The molecule has 134 valence electrons. The number of amides is 1. The van der Waals surface area contributed by atoms with Gasteiger partial charge in [0, 0.05) is 18.2 Å². The number of benzene rings is 1. The van der Waals surface area contributed by atoms with Crippen molar-refractivity contribution in [2.45, 2.75) is 64.6 Å². The van der Waals surface area contributed by atoms with Gasteiger partial charge < -0.3 is 20.5 Å². The second-order valence-corrected chi connectivity index (χ2v) is 6.63. The molecule has 1 aromatic carbocycles. The number of nitrogens with two attached hydrogens (primary N) is 1. The fraction of sp³-hybridized carbons (Fsp3) is 0.632. The molecule has 0 radical (unpaired) electrons. The van der Waals surface area contributed by atoms with Crippen LogP contribution in [-0.4, -0.2) is 25.2 Å². The molecule has 2 unspecified atom stereocenters. The Morgan fingerprint density at radius 3 is 2.71 bits per heavy atom. The topological polar surface area (TPSA) is 73.6 Å². The largest absolute Gasteiger partial charge is 0.497 e. The zero-order chi connectivity index (χ0) is 17.5. The third-order valence-corrected chi connectivity index (χ3v) is 4.88. The molecule has 1 aromatic rings. The highest BCUT2D eigenvalue weighted by Gasteiger charge is 2.21. The molecule has 3 N–H and O–H groups in total. The maximum Gasteiger partial charge on any atom is 0.237 e. The Morgan fingerprint density at radius 1 is 1.38 bits per heavy atom. The fourth-order valence-electron chi connectivity index (χ4n) is 2.92. The second kappa shape index (κ2) is 8.92. The highest BCUT2D eigenvalue weighted by molar-refractivity contribution is 5.81. The number of methoxy groups -OCH3 is 1. The molecule has 0 aromatic heterocycles. The second-order valence-electron chi connectivity index (χ2n) is 6.63. The van der Waals surface area contributed by atoms with Crippen molar-refractivity contribution in [3.05, 3.63) is 23.8 Å². The first-order valence-corrected chi connectivity index (χ1v) is 8.92. The van der Waals surface area contributed by atoms with E-state index in [1.807, 2.05) is 32.0 Å². The predicted octanol–water partition coefficient (Wildman–Crippen LogP) is 3.01. The van der Waals surface area contributed by atoms with E-state index in [-0.39, 0.29) is 17.9 Å². The number of rotatable bonds is 8. The van der Waals surface area contributed by atoms with Gasteiger partial charge in [0.15, 0.2) is 0 Å². The van der Waals surface area contributed by atoms with Crippen LogP contribution in [0.3, 0.4) is 0 Å². The van der Waals surface area contributed by atoms with Gasteiger partial charge in [-0.3, -0.25) is 4.79 Å². The Morgan fingerprint density at radius 2 is 2.08 bits per heavy atom. The van der Waals surface area contributed by atoms with Crippen molar-refractivity contribution < 1.29 is 14.3 Å². The lowest BCUT2D eigenvalue weighted by atomic mass is 9.99. The van der Waals surface area contributed by atoms with Gasteiger partial charge in [-0.05, 0) is 43.7 Å². The van der Waals surface area contributed by atoms with Gasteiger partial charge in [0.25, 0.3) is 0 Å². The van der Waals surface area contributed by atoms with Crippen LogP contribution >= 0.6 is 0 Å². The number of nitrogens with one attached hydrogen (secondary N) is 1. The number of hydrogen-bond acceptors (Lipinski definition) is 4. The van der Waals surface area contributed by atoms with Crippen LogP contribution in [0.4, 0.5) is 0 Å². The molecule has 2 rings (SSSR count). The Bertz CT molecular complexity index is 541. The summed E-state index contributed by atoms with van der Waals surface area (Å²) in [4.78, 5) is 12.2. The van der Waals surface area contributed by atoms with Crippen molar-refractivity contribution in [3.63, 3.8) is 0 Å². The average Bonchev–Trinajstić information content (AvgIpc) is 3.11. The quantitative estimate of drug-likeness (QED) is 0.766. The first-order valence-electron chi connectivity index (χ1n) is 8.92. The smallest absolute Gasteiger partial charge is 0.237 e. The minimum atomic E-state index is -0.479. The van der Waals surface area contributed by atoms with E-state index in [1.165, 1.54) is 12.8 Å². The van der Waals surface area contributed by atoms with Crippen LogP contribution in [0.15, 0.2) is 18.2 Å².